The Balaban J connectivity index is 0.000000212. The molecule has 3 amide bonds. The van der Waals surface area contributed by atoms with E-state index in [0.29, 0.717) is 62.9 Å². The quantitative estimate of drug-likeness (QED) is 0.347. The number of halogens is 3. The summed E-state index contributed by atoms with van der Waals surface area (Å²) in [4.78, 5) is 49.4. The molecule has 0 radical (unpaired) electrons. The molecule has 4 aliphatic rings. The summed E-state index contributed by atoms with van der Waals surface area (Å²) in [6.07, 6.45) is 8.20. The molecule has 0 saturated carbocycles. The largest absolute Gasteiger partial charge is 0.343 e. The number of carbonyl (C=O) groups is 4. The van der Waals surface area contributed by atoms with Gasteiger partial charge in [-0.05, 0) is 72.7 Å². The number of benzene rings is 2. The molecule has 10 nitrogen and oxygen atoms in total. The third kappa shape index (κ3) is 11.0. The van der Waals surface area contributed by atoms with Crippen LogP contribution in [0.2, 0.25) is 10.0 Å². The zero-order chi connectivity index (χ0) is 33.9. The molecule has 2 fully saturated rings. The van der Waals surface area contributed by atoms with Crippen LogP contribution in [0.1, 0.15) is 83.0 Å². The van der Waals surface area contributed by atoms with Crippen molar-refractivity contribution in [1.29, 1.82) is 0 Å². The zero-order valence-electron chi connectivity index (χ0n) is 26.7. The van der Waals surface area contributed by atoms with Gasteiger partial charge in [0.15, 0.2) is 0 Å². The highest BCUT2D eigenvalue weighted by molar-refractivity contribution is 6.64. The van der Waals surface area contributed by atoms with E-state index in [1.807, 2.05) is 54.7 Å². The normalized spacial score (nSPS) is 20.5. The van der Waals surface area contributed by atoms with Crippen molar-refractivity contribution in [2.24, 2.45) is 22.0 Å². The molecule has 6 rings (SSSR count). The molecule has 0 aliphatic carbocycles. The lowest BCUT2D eigenvalue weighted by Gasteiger charge is -2.33. The van der Waals surface area contributed by atoms with Crippen LogP contribution in [0, 0.1) is 11.8 Å². The topological polar surface area (TPSA) is 115 Å². The van der Waals surface area contributed by atoms with Crippen LogP contribution in [0.5, 0.6) is 0 Å². The van der Waals surface area contributed by atoms with Crippen LogP contribution in [0.25, 0.3) is 0 Å². The van der Waals surface area contributed by atoms with Gasteiger partial charge in [-0.15, -0.1) is 0 Å². The molecule has 2 aromatic rings. The van der Waals surface area contributed by atoms with Gasteiger partial charge in [-0.25, -0.2) is 5.01 Å². The number of likely N-dealkylation sites (tertiary alicyclic amines) is 2. The summed E-state index contributed by atoms with van der Waals surface area (Å²) in [6, 6.07) is 15.7. The van der Waals surface area contributed by atoms with Gasteiger partial charge in [0.1, 0.15) is 0 Å². The summed E-state index contributed by atoms with van der Waals surface area (Å²) in [5.41, 5.74) is 5.29. The lowest BCUT2D eigenvalue weighted by molar-refractivity contribution is -0.141. The van der Waals surface area contributed by atoms with E-state index in [4.69, 9.17) is 34.8 Å². The maximum atomic E-state index is 12.8. The van der Waals surface area contributed by atoms with Crippen molar-refractivity contribution in [3.8, 4) is 0 Å². The van der Waals surface area contributed by atoms with Crippen molar-refractivity contribution >= 4 is 70.2 Å². The van der Waals surface area contributed by atoms with E-state index in [1.54, 1.807) is 34.9 Å². The van der Waals surface area contributed by atoms with Gasteiger partial charge in [-0.3, -0.25) is 19.2 Å². The first-order valence-corrected chi connectivity index (χ1v) is 17.0. The Morgan fingerprint density at radius 1 is 0.708 bits per heavy atom. The highest BCUT2D eigenvalue weighted by Gasteiger charge is 2.35. The first kappa shape index (κ1) is 39.0. The van der Waals surface area contributed by atoms with Crippen LogP contribution in [0.3, 0.4) is 0 Å². The van der Waals surface area contributed by atoms with E-state index in [1.165, 1.54) is 5.56 Å². The number of nitrogens with one attached hydrogen (secondary N) is 1. The van der Waals surface area contributed by atoms with Gasteiger partial charge < -0.3 is 15.2 Å². The minimum Gasteiger partial charge on any atom is -0.343 e. The first-order valence-electron chi connectivity index (χ1n) is 15.9. The molecule has 2 atom stereocenters. The summed E-state index contributed by atoms with van der Waals surface area (Å²) in [7, 11) is 0. The predicted molar refractivity (Wildman–Crippen MR) is 192 cm³/mol. The fraction of sp³-hybridized carbons (Fsp3) is 0.486. The van der Waals surface area contributed by atoms with Crippen LogP contribution in [0.15, 0.2) is 58.7 Å². The Bertz CT molecular complexity index is 1410. The smallest absolute Gasteiger partial charge is 0.246 e. The molecule has 0 aromatic heterocycles. The summed E-state index contributed by atoms with van der Waals surface area (Å²) in [6.45, 7) is 5.74. The Labute approximate surface area is 298 Å². The minimum atomic E-state index is -0.266. The number of piperidine rings is 2. The van der Waals surface area contributed by atoms with E-state index >= 15 is 0 Å². The summed E-state index contributed by atoms with van der Waals surface area (Å²) in [5.74, 6) is 0.115. The van der Waals surface area contributed by atoms with E-state index in [2.05, 4.69) is 15.6 Å². The number of nitrogens with zero attached hydrogens (tertiary/aromatic N) is 5. The van der Waals surface area contributed by atoms with Gasteiger partial charge in [-0.2, -0.15) is 10.2 Å². The average Bonchev–Trinajstić information content (AvgIpc) is 3.79. The number of hydrogen-bond acceptors (Lipinski definition) is 7. The van der Waals surface area contributed by atoms with Crippen molar-refractivity contribution in [2.45, 2.75) is 71.9 Å². The highest BCUT2D eigenvalue weighted by atomic mass is 35.5. The second-order valence-electron chi connectivity index (χ2n) is 11.9. The molecule has 2 aromatic carbocycles. The number of carbonyl (C=O) groups excluding carboxylic acids is 4. The third-order valence-electron chi connectivity index (χ3n) is 8.80. The predicted octanol–water partition coefficient (Wildman–Crippen LogP) is 6.86. The molecular weight excluding hydrogens is 675 g/mol. The fourth-order valence-electron chi connectivity index (χ4n) is 5.90. The SMILES string of the molecule is C.CC(=O)N1CCC(C(=O)Cl)CC1.CC(=O)N1CCC(C(=O)N2N=CCC2c2ccc(Cl)cc2)CC1.Clc1ccc(C2CC=NN2)cc1. The van der Waals surface area contributed by atoms with Crippen LogP contribution < -0.4 is 5.43 Å². The lowest BCUT2D eigenvalue weighted by Crippen LogP contribution is -2.42. The molecule has 13 heteroatoms. The standard InChI is InChI=1S/C17H20ClN3O2.C9H9ClN2.C8H12ClNO2.CH4/c1-12(22)20-10-7-14(8-11-20)17(23)21-16(6-9-19-21)13-2-4-15(18)5-3-13;10-8-3-1-7(2-4-8)9-5-6-11-12-9;1-6(11)10-4-2-7(3-5-10)8(9)12;/h2-5,9,14,16H,6-8,10-11H2,1H3;1-4,6,9,12H,5H2;7H,2-5H2,1H3;1H4. The third-order valence-corrected chi connectivity index (χ3v) is 9.61. The van der Waals surface area contributed by atoms with Gasteiger partial charge in [0.2, 0.25) is 23.0 Å². The van der Waals surface area contributed by atoms with Gasteiger partial charge in [0.05, 0.1) is 12.1 Å². The van der Waals surface area contributed by atoms with Crippen molar-refractivity contribution in [3.05, 3.63) is 69.7 Å². The maximum Gasteiger partial charge on any atom is 0.246 e. The van der Waals surface area contributed by atoms with E-state index in [0.717, 1.165) is 23.4 Å². The van der Waals surface area contributed by atoms with Crippen molar-refractivity contribution in [3.63, 3.8) is 0 Å². The van der Waals surface area contributed by atoms with Crippen LogP contribution >= 0.6 is 34.8 Å². The molecule has 2 saturated heterocycles. The Kier molecular flexibility index (Phi) is 15.4. The van der Waals surface area contributed by atoms with E-state index in [9.17, 15) is 19.2 Å². The highest BCUT2D eigenvalue weighted by Crippen LogP contribution is 2.32. The van der Waals surface area contributed by atoms with Crippen molar-refractivity contribution < 1.29 is 19.2 Å². The van der Waals surface area contributed by atoms with E-state index < -0.39 is 0 Å². The Morgan fingerprint density at radius 3 is 1.62 bits per heavy atom. The number of rotatable bonds is 4. The van der Waals surface area contributed by atoms with Crippen LogP contribution in [0.4, 0.5) is 0 Å². The molecule has 4 heterocycles. The van der Waals surface area contributed by atoms with E-state index in [-0.39, 0.29) is 48.3 Å². The second kappa shape index (κ2) is 18.9. The lowest BCUT2D eigenvalue weighted by atomic mass is 9.94. The molecule has 260 valence electrons. The minimum absolute atomic E-state index is 0. The van der Waals surface area contributed by atoms with Crippen LogP contribution in [-0.4, -0.2) is 76.4 Å². The fourth-order valence-corrected chi connectivity index (χ4v) is 6.37. The Morgan fingerprint density at radius 2 is 1.19 bits per heavy atom. The summed E-state index contributed by atoms with van der Waals surface area (Å²) < 4.78 is 0. The number of hydrazone groups is 2. The van der Waals surface area contributed by atoms with Crippen molar-refractivity contribution in [1.82, 2.24) is 20.2 Å². The Hall–Kier alpha value is -3.47. The second-order valence-corrected chi connectivity index (χ2v) is 13.2. The van der Waals surface area contributed by atoms with Gasteiger partial charge in [-0.1, -0.05) is 54.9 Å². The van der Waals surface area contributed by atoms with Gasteiger partial charge in [0.25, 0.3) is 0 Å². The molecule has 0 spiro atoms. The van der Waals surface area contributed by atoms with Gasteiger partial charge in [0, 0.05) is 87.2 Å². The van der Waals surface area contributed by atoms with Crippen molar-refractivity contribution in [2.75, 3.05) is 26.2 Å². The summed E-state index contributed by atoms with van der Waals surface area (Å²) >= 11 is 17.0. The molecule has 48 heavy (non-hydrogen) atoms. The molecular formula is C35H45Cl3N6O4. The van der Waals surface area contributed by atoms with Gasteiger partial charge >= 0.3 is 0 Å². The first-order chi connectivity index (χ1) is 22.5. The van der Waals surface area contributed by atoms with Crippen LogP contribution in [-0.2, 0) is 19.2 Å². The molecule has 2 unspecified atom stereocenters. The zero-order valence-corrected chi connectivity index (χ0v) is 28.9. The number of hydrogen-bond donors (Lipinski definition) is 1. The molecule has 4 aliphatic heterocycles. The molecule has 0 bridgehead atoms. The maximum absolute atomic E-state index is 12.8. The number of amides is 3. The monoisotopic (exact) mass is 718 g/mol. The summed E-state index contributed by atoms with van der Waals surface area (Å²) in [5, 5.41) is 11.0. The average molecular weight is 720 g/mol. The molecule has 1 N–H and O–H groups in total.